The molecule has 96 valence electrons. The van der Waals surface area contributed by atoms with Crippen molar-refractivity contribution < 1.29 is 8.42 Å². The number of benzene rings is 1. The van der Waals surface area contributed by atoms with Crippen LogP contribution in [0, 0.1) is 18.3 Å². The monoisotopic (exact) mass is 283 g/mol. The van der Waals surface area contributed by atoms with Crippen LogP contribution in [0.5, 0.6) is 0 Å². The number of nitrogens with zero attached hydrogens (tertiary/aromatic N) is 1. The second-order valence-corrected chi connectivity index (χ2v) is 6.78. The lowest BCUT2D eigenvalue weighted by Crippen LogP contribution is -2.33. The van der Waals surface area contributed by atoms with E-state index in [1.54, 1.807) is 12.1 Å². The highest BCUT2D eigenvalue weighted by molar-refractivity contribution is 7.89. The average molecular weight is 284 g/mol. The van der Waals surface area contributed by atoms with Crippen LogP contribution < -0.4 is 0 Å². The second kappa shape index (κ2) is 5.31. The molecule has 0 bridgehead atoms. The molecule has 0 amide bonds. The molecule has 1 saturated carbocycles. The third-order valence-electron chi connectivity index (χ3n) is 2.86. The van der Waals surface area contributed by atoms with Crippen LogP contribution in [0.1, 0.15) is 12.8 Å². The predicted octanol–water partition coefficient (Wildman–Crippen LogP) is 2.37. The molecule has 1 fully saturated rings. The summed E-state index contributed by atoms with van der Waals surface area (Å²) >= 11 is 5.83. The SMILES string of the molecule is C#CCN(CC1CC1)S(=O)(=O)c1cccc(Cl)c1. The van der Waals surface area contributed by atoms with Gasteiger partial charge in [-0.3, -0.25) is 0 Å². The zero-order valence-corrected chi connectivity index (χ0v) is 11.4. The van der Waals surface area contributed by atoms with Gasteiger partial charge in [0.15, 0.2) is 0 Å². The van der Waals surface area contributed by atoms with Crippen LogP contribution >= 0.6 is 11.6 Å². The van der Waals surface area contributed by atoms with Gasteiger partial charge in [-0.15, -0.1) is 6.42 Å². The summed E-state index contributed by atoms with van der Waals surface area (Å²) in [4.78, 5) is 0.200. The zero-order valence-electron chi connectivity index (χ0n) is 9.84. The van der Waals surface area contributed by atoms with E-state index in [0.29, 0.717) is 17.5 Å². The molecule has 0 saturated heterocycles. The average Bonchev–Trinajstić information content (AvgIpc) is 3.12. The standard InChI is InChI=1S/C13H14ClNO2S/c1-2-8-15(10-11-6-7-11)18(16,17)13-5-3-4-12(14)9-13/h1,3-5,9,11H,6-8,10H2. The summed E-state index contributed by atoms with van der Waals surface area (Å²) in [7, 11) is -3.53. The Morgan fingerprint density at radius 1 is 1.44 bits per heavy atom. The number of sulfonamides is 1. The Balaban J connectivity index is 2.29. The number of rotatable bonds is 5. The molecule has 18 heavy (non-hydrogen) atoms. The van der Waals surface area contributed by atoms with Crippen molar-refractivity contribution in [2.45, 2.75) is 17.7 Å². The molecular formula is C13H14ClNO2S. The van der Waals surface area contributed by atoms with Crippen molar-refractivity contribution in [3.8, 4) is 12.3 Å². The third-order valence-corrected chi connectivity index (χ3v) is 4.90. The van der Waals surface area contributed by atoms with Crippen LogP contribution in [-0.4, -0.2) is 25.8 Å². The van der Waals surface area contributed by atoms with Gasteiger partial charge in [0.1, 0.15) is 0 Å². The summed E-state index contributed by atoms with van der Waals surface area (Å²) in [6.07, 6.45) is 7.40. The highest BCUT2D eigenvalue weighted by atomic mass is 35.5. The van der Waals surface area contributed by atoms with Crippen molar-refractivity contribution in [3.05, 3.63) is 29.3 Å². The Morgan fingerprint density at radius 3 is 2.72 bits per heavy atom. The number of hydrogen-bond acceptors (Lipinski definition) is 2. The highest BCUT2D eigenvalue weighted by Gasteiger charge is 2.31. The maximum absolute atomic E-state index is 12.4. The lowest BCUT2D eigenvalue weighted by Gasteiger charge is -2.19. The number of terminal acetylenes is 1. The first-order valence-electron chi connectivity index (χ1n) is 5.73. The molecule has 0 radical (unpaired) electrons. The summed E-state index contributed by atoms with van der Waals surface area (Å²) in [5, 5.41) is 0.406. The molecule has 3 nitrogen and oxygen atoms in total. The van der Waals surface area contributed by atoms with E-state index in [0.717, 1.165) is 12.8 Å². The fraction of sp³-hybridized carbons (Fsp3) is 0.385. The Hall–Kier alpha value is -1.02. The van der Waals surface area contributed by atoms with Crippen molar-refractivity contribution in [1.82, 2.24) is 4.31 Å². The van der Waals surface area contributed by atoms with Crippen LogP contribution in [0.2, 0.25) is 5.02 Å². The van der Waals surface area contributed by atoms with E-state index in [2.05, 4.69) is 5.92 Å². The van der Waals surface area contributed by atoms with Crippen molar-refractivity contribution >= 4 is 21.6 Å². The van der Waals surface area contributed by atoms with Gasteiger partial charge in [-0.2, -0.15) is 4.31 Å². The smallest absolute Gasteiger partial charge is 0.207 e. The fourth-order valence-electron chi connectivity index (χ4n) is 1.71. The van der Waals surface area contributed by atoms with Crippen LogP contribution in [0.3, 0.4) is 0 Å². The van der Waals surface area contributed by atoms with E-state index in [-0.39, 0.29) is 11.4 Å². The molecule has 1 aliphatic carbocycles. The number of halogens is 1. The topological polar surface area (TPSA) is 37.4 Å². The molecule has 1 aromatic rings. The summed E-state index contributed by atoms with van der Waals surface area (Å²) in [6, 6.07) is 6.26. The van der Waals surface area contributed by atoms with Crippen molar-refractivity contribution in [3.63, 3.8) is 0 Å². The normalized spacial score (nSPS) is 15.6. The highest BCUT2D eigenvalue weighted by Crippen LogP contribution is 2.31. The van der Waals surface area contributed by atoms with E-state index >= 15 is 0 Å². The molecule has 2 rings (SSSR count). The van der Waals surface area contributed by atoms with Gasteiger partial charge in [0.2, 0.25) is 10.0 Å². The lowest BCUT2D eigenvalue weighted by molar-refractivity contribution is 0.430. The largest absolute Gasteiger partial charge is 0.244 e. The molecule has 0 N–H and O–H groups in total. The minimum atomic E-state index is -3.53. The van der Waals surface area contributed by atoms with E-state index in [1.165, 1.54) is 16.4 Å². The third kappa shape index (κ3) is 3.05. The lowest BCUT2D eigenvalue weighted by atomic mass is 10.4. The fourth-order valence-corrected chi connectivity index (χ4v) is 3.45. The Morgan fingerprint density at radius 2 is 2.17 bits per heavy atom. The molecular weight excluding hydrogens is 270 g/mol. The summed E-state index contributed by atoms with van der Waals surface area (Å²) < 4.78 is 26.2. The zero-order chi connectivity index (χ0) is 13.2. The molecule has 0 aliphatic heterocycles. The van der Waals surface area contributed by atoms with Crippen LogP contribution in [0.4, 0.5) is 0 Å². The summed E-state index contributed by atoms with van der Waals surface area (Å²) in [5.74, 6) is 2.86. The molecule has 1 aliphatic rings. The molecule has 0 aromatic heterocycles. The second-order valence-electron chi connectivity index (χ2n) is 4.40. The molecule has 0 unspecified atom stereocenters. The molecule has 0 heterocycles. The maximum Gasteiger partial charge on any atom is 0.244 e. The van der Waals surface area contributed by atoms with Gasteiger partial charge < -0.3 is 0 Å². The molecule has 0 atom stereocenters. The maximum atomic E-state index is 12.4. The van der Waals surface area contributed by atoms with Gasteiger partial charge >= 0.3 is 0 Å². The van der Waals surface area contributed by atoms with Crippen LogP contribution in [0.15, 0.2) is 29.2 Å². The molecule has 0 spiro atoms. The van der Waals surface area contributed by atoms with Crippen LogP contribution in [-0.2, 0) is 10.0 Å². The Labute approximate surface area is 113 Å². The minimum absolute atomic E-state index is 0.103. The van der Waals surface area contributed by atoms with Gasteiger partial charge in [0.05, 0.1) is 11.4 Å². The predicted molar refractivity (Wildman–Crippen MR) is 71.8 cm³/mol. The first-order chi connectivity index (χ1) is 8.54. The van der Waals surface area contributed by atoms with E-state index < -0.39 is 10.0 Å². The Kier molecular flexibility index (Phi) is 3.96. The van der Waals surface area contributed by atoms with Gasteiger partial charge in [-0.25, -0.2) is 8.42 Å². The summed E-state index contributed by atoms with van der Waals surface area (Å²) in [6.45, 7) is 0.602. The number of hydrogen-bond donors (Lipinski definition) is 0. The van der Waals surface area contributed by atoms with Gasteiger partial charge in [0, 0.05) is 11.6 Å². The van der Waals surface area contributed by atoms with Crippen molar-refractivity contribution in [2.24, 2.45) is 5.92 Å². The first-order valence-corrected chi connectivity index (χ1v) is 7.55. The van der Waals surface area contributed by atoms with E-state index in [4.69, 9.17) is 18.0 Å². The molecule has 5 heteroatoms. The minimum Gasteiger partial charge on any atom is -0.207 e. The van der Waals surface area contributed by atoms with Crippen molar-refractivity contribution in [1.29, 1.82) is 0 Å². The van der Waals surface area contributed by atoms with E-state index in [9.17, 15) is 8.42 Å². The summed E-state index contributed by atoms with van der Waals surface area (Å²) in [5.41, 5.74) is 0. The Bertz CT molecular complexity index is 573. The van der Waals surface area contributed by atoms with E-state index in [1.807, 2.05) is 0 Å². The first kappa shape index (κ1) is 13.4. The van der Waals surface area contributed by atoms with Gasteiger partial charge in [0.25, 0.3) is 0 Å². The van der Waals surface area contributed by atoms with Crippen molar-refractivity contribution in [2.75, 3.05) is 13.1 Å². The molecule has 1 aromatic carbocycles. The van der Waals surface area contributed by atoms with Gasteiger partial charge in [-0.1, -0.05) is 23.6 Å². The van der Waals surface area contributed by atoms with Crippen LogP contribution in [0.25, 0.3) is 0 Å². The van der Waals surface area contributed by atoms with Gasteiger partial charge in [-0.05, 0) is 37.0 Å². The quantitative estimate of drug-likeness (QED) is 0.778.